The summed E-state index contributed by atoms with van der Waals surface area (Å²) >= 11 is 0. The van der Waals surface area contributed by atoms with E-state index >= 15 is 0 Å². The van der Waals surface area contributed by atoms with Gasteiger partial charge in [-0.1, -0.05) is 38.5 Å². The summed E-state index contributed by atoms with van der Waals surface area (Å²) in [5.74, 6) is 0.661. The van der Waals surface area contributed by atoms with Crippen LogP contribution in [-0.4, -0.2) is 11.9 Å². The molecule has 2 rings (SSSR count). The lowest BCUT2D eigenvalue weighted by atomic mass is 10.1. The van der Waals surface area contributed by atoms with Gasteiger partial charge in [-0.2, -0.15) is 0 Å². The van der Waals surface area contributed by atoms with Crippen LogP contribution in [0.25, 0.3) is 0 Å². The minimum absolute atomic E-state index is 0.203. The lowest BCUT2D eigenvalue weighted by Crippen LogP contribution is -2.07. The number of ether oxygens (including phenoxy) is 2. The smallest absolute Gasteiger partial charge is 0.311 e. The highest BCUT2D eigenvalue weighted by molar-refractivity contribution is 5.72. The van der Waals surface area contributed by atoms with Gasteiger partial charge < -0.3 is 20.9 Å². The van der Waals surface area contributed by atoms with Gasteiger partial charge in [0.15, 0.2) is 0 Å². The number of anilines is 2. The van der Waals surface area contributed by atoms with Crippen molar-refractivity contribution in [3.63, 3.8) is 0 Å². The largest absolute Gasteiger partial charge is 0.427 e. The van der Waals surface area contributed by atoms with Gasteiger partial charge in [-0.15, -0.1) is 0 Å². The molecule has 0 aromatic heterocycles. The molecule has 0 bridgehead atoms. The normalized spacial score (nSPS) is 10.5. The summed E-state index contributed by atoms with van der Waals surface area (Å²) in [6, 6.07) is 13.7. The van der Waals surface area contributed by atoms with Crippen LogP contribution in [-0.2, 0) is 9.59 Å². The first kappa shape index (κ1) is 23.3. The standard InChI is InChI=1S/C24H32N2O4/c25-19-11-15-21(16-12-19)29-23(27)9-7-5-3-1-2-4-6-8-10-24(28)30-22-17-13-20(26)14-18-22/h11-18H,1-10,25-26H2. The average Bonchev–Trinajstić information content (AvgIpc) is 2.73. The number of carbonyl (C=O) groups excluding carboxylic acids is 2. The molecular weight excluding hydrogens is 380 g/mol. The Balaban J connectivity index is 1.40. The number of carbonyl (C=O) groups is 2. The summed E-state index contributed by atoms with van der Waals surface area (Å²) in [4.78, 5) is 23.6. The fourth-order valence-corrected chi connectivity index (χ4v) is 3.04. The zero-order valence-electron chi connectivity index (χ0n) is 17.5. The summed E-state index contributed by atoms with van der Waals surface area (Å²) in [5, 5.41) is 0. The lowest BCUT2D eigenvalue weighted by Gasteiger charge is -2.05. The predicted octanol–water partition coefficient (Wildman–Crippen LogP) is 5.26. The topological polar surface area (TPSA) is 105 Å². The van der Waals surface area contributed by atoms with E-state index in [1.807, 2.05) is 0 Å². The van der Waals surface area contributed by atoms with Gasteiger partial charge in [-0.05, 0) is 61.4 Å². The maximum atomic E-state index is 11.8. The first-order valence-corrected chi connectivity index (χ1v) is 10.7. The molecule has 6 nitrogen and oxygen atoms in total. The van der Waals surface area contributed by atoms with E-state index in [0.717, 1.165) is 51.4 Å². The lowest BCUT2D eigenvalue weighted by molar-refractivity contribution is -0.135. The van der Waals surface area contributed by atoms with E-state index in [1.165, 1.54) is 0 Å². The van der Waals surface area contributed by atoms with Crippen LogP contribution >= 0.6 is 0 Å². The maximum Gasteiger partial charge on any atom is 0.311 e. The molecule has 30 heavy (non-hydrogen) atoms. The van der Waals surface area contributed by atoms with E-state index < -0.39 is 0 Å². The third-order valence-corrected chi connectivity index (χ3v) is 4.74. The number of hydrogen-bond donors (Lipinski definition) is 2. The molecule has 0 unspecified atom stereocenters. The fourth-order valence-electron chi connectivity index (χ4n) is 3.04. The molecule has 0 saturated carbocycles. The summed E-state index contributed by atoms with van der Waals surface area (Å²) < 4.78 is 10.5. The monoisotopic (exact) mass is 412 g/mol. The van der Waals surface area contributed by atoms with Crippen LogP contribution in [0.15, 0.2) is 48.5 Å². The van der Waals surface area contributed by atoms with Gasteiger partial charge in [0.25, 0.3) is 0 Å². The Morgan fingerprint density at radius 3 is 1.17 bits per heavy atom. The van der Waals surface area contributed by atoms with Gasteiger partial charge in [0.2, 0.25) is 0 Å². The second kappa shape index (κ2) is 13.2. The highest BCUT2D eigenvalue weighted by atomic mass is 16.5. The molecule has 0 aliphatic carbocycles. The fraction of sp³-hybridized carbons (Fsp3) is 0.417. The summed E-state index contributed by atoms with van der Waals surface area (Å²) in [6.45, 7) is 0. The SMILES string of the molecule is Nc1ccc(OC(=O)CCCCCCCCCCC(=O)Oc2ccc(N)cc2)cc1. The van der Waals surface area contributed by atoms with E-state index in [1.54, 1.807) is 48.5 Å². The summed E-state index contributed by atoms with van der Waals surface area (Å²) in [6.07, 6.45) is 9.07. The average molecular weight is 413 g/mol. The highest BCUT2D eigenvalue weighted by Crippen LogP contribution is 2.16. The van der Waals surface area contributed by atoms with E-state index in [9.17, 15) is 9.59 Å². The number of nitrogen functional groups attached to an aromatic ring is 2. The number of hydrogen-bond acceptors (Lipinski definition) is 6. The van der Waals surface area contributed by atoms with Crippen LogP contribution in [0.5, 0.6) is 11.5 Å². The Morgan fingerprint density at radius 1 is 0.533 bits per heavy atom. The first-order chi connectivity index (χ1) is 14.5. The molecule has 162 valence electrons. The molecule has 0 aliphatic heterocycles. The van der Waals surface area contributed by atoms with Crippen LogP contribution < -0.4 is 20.9 Å². The molecule has 0 amide bonds. The molecule has 0 fully saturated rings. The first-order valence-electron chi connectivity index (χ1n) is 10.7. The molecular formula is C24H32N2O4. The van der Waals surface area contributed by atoms with E-state index in [0.29, 0.717) is 35.7 Å². The Hall–Kier alpha value is -3.02. The van der Waals surface area contributed by atoms with E-state index in [-0.39, 0.29) is 11.9 Å². The van der Waals surface area contributed by atoms with Gasteiger partial charge in [0, 0.05) is 24.2 Å². The molecule has 2 aromatic rings. The Morgan fingerprint density at radius 2 is 0.833 bits per heavy atom. The third kappa shape index (κ3) is 9.96. The number of unbranched alkanes of at least 4 members (excludes halogenated alkanes) is 7. The Labute approximate surface area is 178 Å². The van der Waals surface area contributed by atoms with Gasteiger partial charge in [0.1, 0.15) is 11.5 Å². The second-order valence-corrected chi connectivity index (χ2v) is 7.41. The van der Waals surface area contributed by atoms with Gasteiger partial charge in [-0.25, -0.2) is 0 Å². The molecule has 2 aromatic carbocycles. The molecule has 0 aliphatic rings. The third-order valence-electron chi connectivity index (χ3n) is 4.74. The Bertz CT molecular complexity index is 705. The van der Waals surface area contributed by atoms with Crippen molar-refractivity contribution in [3.05, 3.63) is 48.5 Å². The molecule has 0 heterocycles. The van der Waals surface area contributed by atoms with Crippen LogP contribution in [0, 0.1) is 0 Å². The van der Waals surface area contributed by atoms with Crippen molar-refractivity contribution in [2.24, 2.45) is 0 Å². The van der Waals surface area contributed by atoms with Gasteiger partial charge >= 0.3 is 11.9 Å². The summed E-state index contributed by atoms with van der Waals surface area (Å²) in [5.41, 5.74) is 12.5. The predicted molar refractivity (Wildman–Crippen MR) is 119 cm³/mol. The number of esters is 2. The number of nitrogens with two attached hydrogens (primary N) is 2. The van der Waals surface area contributed by atoms with Crippen LogP contribution in [0.3, 0.4) is 0 Å². The van der Waals surface area contributed by atoms with Gasteiger partial charge in [-0.3, -0.25) is 9.59 Å². The summed E-state index contributed by atoms with van der Waals surface area (Å²) in [7, 11) is 0. The molecule has 0 spiro atoms. The molecule has 6 heteroatoms. The minimum atomic E-state index is -0.203. The van der Waals surface area contributed by atoms with Crippen molar-refractivity contribution in [3.8, 4) is 11.5 Å². The van der Waals surface area contributed by atoms with Crippen LogP contribution in [0.2, 0.25) is 0 Å². The number of rotatable bonds is 13. The number of benzene rings is 2. The molecule has 4 N–H and O–H groups in total. The Kier molecular flexibility index (Phi) is 10.3. The van der Waals surface area contributed by atoms with Crippen molar-refractivity contribution >= 4 is 23.3 Å². The molecule has 0 atom stereocenters. The van der Waals surface area contributed by atoms with Crippen molar-refractivity contribution in [2.45, 2.75) is 64.2 Å². The van der Waals surface area contributed by atoms with Crippen molar-refractivity contribution in [1.29, 1.82) is 0 Å². The van der Waals surface area contributed by atoms with Crippen molar-refractivity contribution in [1.82, 2.24) is 0 Å². The minimum Gasteiger partial charge on any atom is -0.427 e. The van der Waals surface area contributed by atoms with Crippen LogP contribution in [0.1, 0.15) is 64.2 Å². The van der Waals surface area contributed by atoms with E-state index in [2.05, 4.69) is 0 Å². The van der Waals surface area contributed by atoms with Crippen molar-refractivity contribution < 1.29 is 19.1 Å². The quantitative estimate of drug-likeness (QED) is 0.201. The zero-order valence-corrected chi connectivity index (χ0v) is 17.5. The van der Waals surface area contributed by atoms with E-state index in [4.69, 9.17) is 20.9 Å². The molecule has 0 radical (unpaired) electrons. The highest BCUT2D eigenvalue weighted by Gasteiger charge is 2.06. The van der Waals surface area contributed by atoms with Gasteiger partial charge in [0.05, 0.1) is 0 Å². The van der Waals surface area contributed by atoms with Crippen LogP contribution in [0.4, 0.5) is 11.4 Å². The maximum absolute atomic E-state index is 11.8. The second-order valence-electron chi connectivity index (χ2n) is 7.41. The molecule has 0 saturated heterocycles. The zero-order chi connectivity index (χ0) is 21.6. The van der Waals surface area contributed by atoms with Crippen molar-refractivity contribution in [2.75, 3.05) is 11.5 Å².